The number of nitrogens with one attached hydrogen (secondary N) is 1. The summed E-state index contributed by atoms with van der Waals surface area (Å²) in [7, 11) is 1.60. The first kappa shape index (κ1) is 23.6. The van der Waals surface area contributed by atoms with Gasteiger partial charge >= 0.3 is 5.97 Å². The van der Waals surface area contributed by atoms with Crippen LogP contribution in [0.15, 0.2) is 76.3 Å². The Hall–Kier alpha value is -3.52. The van der Waals surface area contributed by atoms with Gasteiger partial charge in [0.2, 0.25) is 5.91 Å². The molecule has 0 radical (unpaired) electrons. The number of carbonyl (C=O) groups excluding carboxylic acids is 2. The molecule has 2 aliphatic rings. The maximum atomic E-state index is 13.5. The van der Waals surface area contributed by atoms with E-state index in [0.29, 0.717) is 28.7 Å². The van der Waals surface area contributed by atoms with E-state index in [-0.39, 0.29) is 18.9 Å². The van der Waals surface area contributed by atoms with Crippen LogP contribution in [-0.4, -0.2) is 42.2 Å². The number of methoxy groups -OCH3 is 1. The van der Waals surface area contributed by atoms with Crippen LogP contribution < -0.4 is 10.1 Å². The maximum Gasteiger partial charge on any atom is 0.338 e. The summed E-state index contributed by atoms with van der Waals surface area (Å²) in [6, 6.07) is 16.6. The molecule has 2 aromatic carbocycles. The molecule has 4 rings (SSSR count). The highest BCUT2D eigenvalue weighted by Gasteiger charge is 2.43. The van der Waals surface area contributed by atoms with E-state index in [0.717, 1.165) is 16.8 Å². The topological polar surface area (TPSA) is 80.2 Å². The highest BCUT2D eigenvalue weighted by molar-refractivity contribution is 8.16. The van der Waals surface area contributed by atoms with Crippen LogP contribution in [0.2, 0.25) is 0 Å². The number of ether oxygens (including phenoxy) is 2. The normalized spacial score (nSPS) is 17.0. The Balaban J connectivity index is 1.93. The Morgan fingerprint density at radius 2 is 1.82 bits per heavy atom. The molecular formula is C26H27N3O4S. The molecular weight excluding hydrogens is 450 g/mol. The molecule has 0 unspecified atom stereocenters. The Morgan fingerprint density at radius 3 is 2.53 bits per heavy atom. The van der Waals surface area contributed by atoms with Gasteiger partial charge in [-0.2, -0.15) is 0 Å². The minimum Gasteiger partial charge on any atom is -0.496 e. The van der Waals surface area contributed by atoms with Crippen LogP contribution in [0.5, 0.6) is 5.75 Å². The average Bonchev–Trinajstić information content (AvgIpc) is 3.25. The number of nitrogens with zero attached hydrogens (tertiary/aromatic N) is 2. The van der Waals surface area contributed by atoms with Crippen molar-refractivity contribution in [3.8, 4) is 5.75 Å². The summed E-state index contributed by atoms with van der Waals surface area (Å²) in [6.45, 7) is 4.44. The third-order valence-corrected chi connectivity index (χ3v) is 6.39. The molecule has 2 aliphatic heterocycles. The van der Waals surface area contributed by atoms with Crippen molar-refractivity contribution in [3.63, 3.8) is 0 Å². The van der Waals surface area contributed by atoms with Gasteiger partial charge in [0.05, 0.1) is 37.4 Å². The first-order valence-electron chi connectivity index (χ1n) is 11.2. The molecule has 0 aromatic heterocycles. The van der Waals surface area contributed by atoms with Gasteiger partial charge in [-0.15, -0.1) is 0 Å². The number of thioether (sulfide) groups is 1. The van der Waals surface area contributed by atoms with Crippen molar-refractivity contribution in [2.75, 3.05) is 20.3 Å². The number of amides is 1. The second kappa shape index (κ2) is 10.6. The second-order valence-corrected chi connectivity index (χ2v) is 8.45. The molecule has 2 heterocycles. The Labute approximate surface area is 203 Å². The molecule has 1 N–H and O–H groups in total. The molecule has 176 valence electrons. The Morgan fingerprint density at radius 1 is 1.09 bits per heavy atom. The molecule has 0 aliphatic carbocycles. The van der Waals surface area contributed by atoms with Crippen molar-refractivity contribution in [2.24, 2.45) is 4.99 Å². The van der Waals surface area contributed by atoms with E-state index in [1.54, 1.807) is 14.0 Å². The minimum atomic E-state index is -0.575. The lowest BCUT2D eigenvalue weighted by Gasteiger charge is -2.37. The Kier molecular flexibility index (Phi) is 7.37. The number of amidine groups is 1. The zero-order chi connectivity index (χ0) is 24.1. The van der Waals surface area contributed by atoms with Crippen LogP contribution in [-0.2, 0) is 14.3 Å². The van der Waals surface area contributed by atoms with Gasteiger partial charge in [-0.05, 0) is 25.3 Å². The van der Waals surface area contributed by atoms with E-state index >= 15 is 0 Å². The predicted molar refractivity (Wildman–Crippen MR) is 134 cm³/mol. The molecule has 8 heteroatoms. The number of aliphatic imine (C=N–C) groups is 1. The molecule has 1 atom stereocenters. The van der Waals surface area contributed by atoms with Gasteiger partial charge in [-0.3, -0.25) is 4.79 Å². The lowest BCUT2D eigenvalue weighted by Crippen LogP contribution is -2.38. The van der Waals surface area contributed by atoms with Gasteiger partial charge in [0, 0.05) is 23.4 Å². The lowest BCUT2D eigenvalue weighted by molar-refractivity contribution is -0.139. The van der Waals surface area contributed by atoms with Crippen molar-refractivity contribution in [3.05, 3.63) is 82.4 Å². The molecule has 34 heavy (non-hydrogen) atoms. The summed E-state index contributed by atoms with van der Waals surface area (Å²) >= 11 is 1.44. The number of esters is 1. The smallest absolute Gasteiger partial charge is 0.338 e. The van der Waals surface area contributed by atoms with Crippen molar-refractivity contribution < 1.29 is 19.1 Å². The molecule has 2 aromatic rings. The fourth-order valence-electron chi connectivity index (χ4n) is 4.10. The van der Waals surface area contributed by atoms with Crippen molar-refractivity contribution in [1.29, 1.82) is 0 Å². The maximum absolute atomic E-state index is 13.5. The monoisotopic (exact) mass is 477 g/mol. The van der Waals surface area contributed by atoms with Crippen LogP contribution in [0, 0.1) is 0 Å². The number of hydrogen-bond acceptors (Lipinski definition) is 7. The number of para-hydroxylation sites is 1. The molecule has 7 nitrogen and oxygen atoms in total. The van der Waals surface area contributed by atoms with Gasteiger partial charge in [0.1, 0.15) is 5.75 Å². The molecule has 0 fully saturated rings. The quantitative estimate of drug-likeness (QED) is 0.564. The minimum absolute atomic E-state index is 0.0927. The summed E-state index contributed by atoms with van der Waals surface area (Å²) in [5.74, 6) is 0.0939. The third-order valence-electron chi connectivity index (χ3n) is 5.50. The van der Waals surface area contributed by atoms with E-state index in [1.165, 1.54) is 11.8 Å². The van der Waals surface area contributed by atoms with Gasteiger partial charge in [0.25, 0.3) is 0 Å². The van der Waals surface area contributed by atoms with Gasteiger partial charge in [0.15, 0.2) is 5.17 Å². The predicted octanol–water partition coefficient (Wildman–Crippen LogP) is 4.50. The van der Waals surface area contributed by atoms with Gasteiger partial charge in [-0.1, -0.05) is 60.3 Å². The Bertz CT molecular complexity index is 1170. The first-order chi connectivity index (χ1) is 16.6. The highest BCUT2D eigenvalue weighted by Crippen LogP contribution is 2.48. The number of fused-ring (bicyclic) bond motifs is 1. The summed E-state index contributed by atoms with van der Waals surface area (Å²) < 4.78 is 11.2. The van der Waals surface area contributed by atoms with Crippen LogP contribution in [0.3, 0.4) is 0 Å². The van der Waals surface area contributed by atoms with Crippen LogP contribution in [0.1, 0.15) is 37.4 Å². The van der Waals surface area contributed by atoms with Gasteiger partial charge < -0.3 is 19.7 Å². The number of hydrogen-bond donors (Lipinski definition) is 1. The first-order valence-corrected chi connectivity index (χ1v) is 12.1. The zero-order valence-electron chi connectivity index (χ0n) is 19.4. The molecule has 0 bridgehead atoms. The standard InChI is InChI=1S/C26H27N3O4S/c1-4-27-21(30)15-18-16-34-26-28-23(17-11-7-6-8-12-17)22(25(31)33-5-2)24(29(18)26)19-13-9-10-14-20(19)32-3/h6-14,16,24H,4-5,15H2,1-3H3,(H,27,30)/t24-/m1/s1. The summed E-state index contributed by atoms with van der Waals surface area (Å²) in [4.78, 5) is 32.8. The third kappa shape index (κ3) is 4.59. The van der Waals surface area contributed by atoms with Crippen molar-refractivity contribution in [1.82, 2.24) is 10.2 Å². The lowest BCUT2D eigenvalue weighted by atomic mass is 9.91. The molecule has 1 amide bonds. The van der Waals surface area contributed by atoms with Crippen LogP contribution >= 0.6 is 11.8 Å². The van der Waals surface area contributed by atoms with Crippen LogP contribution in [0.4, 0.5) is 0 Å². The second-order valence-electron chi connectivity index (χ2n) is 7.61. The van der Waals surface area contributed by atoms with E-state index in [9.17, 15) is 9.59 Å². The summed E-state index contributed by atoms with van der Waals surface area (Å²) in [5, 5.41) is 5.47. The SMILES string of the molecule is CCNC(=O)CC1=CSC2=NC(c3ccccc3)=C(C(=O)OCC)[C@@H](c3ccccc3OC)N12. The van der Waals surface area contributed by atoms with E-state index in [1.807, 2.05) is 71.8 Å². The van der Waals surface area contributed by atoms with Crippen LogP contribution in [0.25, 0.3) is 5.70 Å². The highest BCUT2D eigenvalue weighted by atomic mass is 32.2. The van der Waals surface area contributed by atoms with Gasteiger partial charge in [-0.25, -0.2) is 9.79 Å². The van der Waals surface area contributed by atoms with Crippen molar-refractivity contribution in [2.45, 2.75) is 26.3 Å². The van der Waals surface area contributed by atoms with E-state index in [4.69, 9.17) is 14.5 Å². The average molecular weight is 478 g/mol. The number of carbonyl (C=O) groups is 2. The fraction of sp³-hybridized carbons (Fsp3) is 0.269. The molecule has 0 saturated heterocycles. The molecule has 0 saturated carbocycles. The zero-order valence-corrected chi connectivity index (χ0v) is 20.2. The summed E-state index contributed by atoms with van der Waals surface area (Å²) in [6.07, 6.45) is 0.169. The number of rotatable bonds is 8. The fourth-order valence-corrected chi connectivity index (χ4v) is 5.02. The van der Waals surface area contributed by atoms with E-state index in [2.05, 4.69) is 5.32 Å². The summed E-state index contributed by atoms with van der Waals surface area (Å²) in [5.41, 5.74) is 3.33. The van der Waals surface area contributed by atoms with Crippen molar-refractivity contribution >= 4 is 34.5 Å². The number of benzene rings is 2. The van der Waals surface area contributed by atoms with E-state index < -0.39 is 12.0 Å². The largest absolute Gasteiger partial charge is 0.496 e. The molecule has 0 spiro atoms.